The van der Waals surface area contributed by atoms with E-state index in [1.807, 2.05) is 19.0 Å². The number of thiazole rings is 1. The number of carbonyl (C=O) groups is 4. The number of benzene rings is 2. The first-order chi connectivity index (χ1) is 18.1. The van der Waals surface area contributed by atoms with Gasteiger partial charge in [0, 0.05) is 51.2 Å². The Kier molecular flexibility index (Phi) is 7.66. The van der Waals surface area contributed by atoms with Crippen molar-refractivity contribution in [2.75, 3.05) is 24.3 Å². The van der Waals surface area contributed by atoms with E-state index in [-0.39, 0.29) is 36.5 Å². The Morgan fingerprint density at radius 1 is 1.13 bits per heavy atom. The van der Waals surface area contributed by atoms with Crippen molar-refractivity contribution in [1.29, 1.82) is 0 Å². The van der Waals surface area contributed by atoms with E-state index in [0.29, 0.717) is 26.7 Å². The van der Waals surface area contributed by atoms with Crippen LogP contribution in [-0.2, 0) is 24.0 Å². The van der Waals surface area contributed by atoms with Gasteiger partial charge in [-0.3, -0.25) is 24.5 Å². The molecule has 4 rings (SSSR count). The first-order valence-corrected chi connectivity index (χ1v) is 12.1. The smallest absolute Gasteiger partial charge is 0.333 e. The van der Waals surface area contributed by atoms with Crippen molar-refractivity contribution < 1.29 is 28.9 Å². The van der Waals surface area contributed by atoms with E-state index in [9.17, 15) is 29.3 Å². The molecule has 1 saturated heterocycles. The third-order valence-corrected chi connectivity index (χ3v) is 6.24. The second-order valence-corrected chi connectivity index (χ2v) is 9.30. The van der Waals surface area contributed by atoms with Crippen molar-refractivity contribution in [2.24, 2.45) is 10.2 Å². The monoisotopic (exact) mass is 539 g/mol. The van der Waals surface area contributed by atoms with Crippen molar-refractivity contribution in [3.8, 4) is 0 Å². The largest absolute Gasteiger partial charge is 0.378 e. The number of nitro groups is 1. The summed E-state index contributed by atoms with van der Waals surface area (Å²) < 4.78 is 0.578. The Bertz CT molecular complexity index is 1470. The molecule has 0 bridgehead atoms. The molecule has 196 valence electrons. The molecule has 0 atom stereocenters. The molecule has 0 aliphatic carbocycles. The maximum atomic E-state index is 12.6. The van der Waals surface area contributed by atoms with Crippen LogP contribution in [0, 0.1) is 10.1 Å². The zero-order chi connectivity index (χ0) is 27.4. The summed E-state index contributed by atoms with van der Waals surface area (Å²) in [4.78, 5) is 69.2. The molecule has 1 aromatic heterocycles. The zero-order valence-electron chi connectivity index (χ0n) is 20.2. The average Bonchev–Trinajstić information content (AvgIpc) is 3.43. The number of azo groups is 1. The van der Waals surface area contributed by atoms with E-state index < -0.39 is 28.6 Å². The van der Waals surface area contributed by atoms with Crippen LogP contribution in [0.1, 0.15) is 25.7 Å². The van der Waals surface area contributed by atoms with Crippen LogP contribution < -0.4 is 10.2 Å². The van der Waals surface area contributed by atoms with Gasteiger partial charge in [-0.25, -0.2) is 9.78 Å². The zero-order valence-corrected chi connectivity index (χ0v) is 21.1. The topological polar surface area (TPSA) is 177 Å². The number of carbonyl (C=O) groups excluding carboxylic acids is 4. The van der Waals surface area contributed by atoms with E-state index in [4.69, 9.17) is 4.84 Å². The van der Waals surface area contributed by atoms with Crippen LogP contribution in [0.15, 0.2) is 46.6 Å². The fourth-order valence-electron chi connectivity index (χ4n) is 3.38. The Labute approximate surface area is 219 Å². The van der Waals surface area contributed by atoms with Gasteiger partial charge in [0.15, 0.2) is 0 Å². The van der Waals surface area contributed by atoms with E-state index in [1.165, 1.54) is 18.2 Å². The van der Waals surface area contributed by atoms with Gasteiger partial charge in [0.25, 0.3) is 17.5 Å². The highest BCUT2D eigenvalue weighted by Crippen LogP contribution is 2.34. The van der Waals surface area contributed by atoms with Crippen LogP contribution >= 0.6 is 11.3 Å². The summed E-state index contributed by atoms with van der Waals surface area (Å²) >= 11 is 1.13. The summed E-state index contributed by atoms with van der Waals surface area (Å²) in [6.45, 7) is 0. The van der Waals surface area contributed by atoms with Crippen molar-refractivity contribution in [3.63, 3.8) is 0 Å². The Hall–Kier alpha value is -4.79. The normalized spacial score (nSPS) is 13.4. The van der Waals surface area contributed by atoms with Crippen molar-refractivity contribution in [2.45, 2.75) is 25.7 Å². The number of hydrogen-bond acceptors (Lipinski definition) is 12. The molecular formula is C23H21N7O7S. The summed E-state index contributed by atoms with van der Waals surface area (Å²) in [6.07, 6.45) is -0.675. The fraction of sp³-hybridized carbons (Fsp3) is 0.261. The number of nitro benzene ring substituents is 1. The van der Waals surface area contributed by atoms with Gasteiger partial charge in [-0.15, -0.1) is 15.3 Å². The van der Waals surface area contributed by atoms with E-state index in [2.05, 4.69) is 20.5 Å². The molecule has 0 unspecified atom stereocenters. The number of anilines is 2. The molecule has 0 saturated carbocycles. The molecule has 15 heteroatoms. The summed E-state index contributed by atoms with van der Waals surface area (Å²) in [5, 5.41) is 22.7. The lowest BCUT2D eigenvalue weighted by Gasteiger charge is -2.15. The summed E-state index contributed by atoms with van der Waals surface area (Å²) in [7, 11) is 3.64. The lowest BCUT2D eigenvalue weighted by molar-refractivity contribution is -0.384. The van der Waals surface area contributed by atoms with Crippen molar-refractivity contribution >= 4 is 73.1 Å². The summed E-state index contributed by atoms with van der Waals surface area (Å²) in [5.74, 6) is -2.62. The second kappa shape index (κ2) is 11.1. The first-order valence-electron chi connectivity index (χ1n) is 11.3. The van der Waals surface area contributed by atoms with Crippen LogP contribution in [0.25, 0.3) is 10.2 Å². The summed E-state index contributed by atoms with van der Waals surface area (Å²) in [6, 6.07) is 9.38. The van der Waals surface area contributed by atoms with Crippen LogP contribution in [0.3, 0.4) is 0 Å². The molecule has 0 spiro atoms. The third kappa shape index (κ3) is 6.12. The molecule has 2 aromatic carbocycles. The first kappa shape index (κ1) is 26.3. The predicted molar refractivity (Wildman–Crippen MR) is 136 cm³/mol. The minimum atomic E-state index is -0.887. The van der Waals surface area contributed by atoms with Gasteiger partial charge >= 0.3 is 5.97 Å². The maximum Gasteiger partial charge on any atom is 0.333 e. The lowest BCUT2D eigenvalue weighted by Crippen LogP contribution is -2.32. The predicted octanol–water partition coefficient (Wildman–Crippen LogP) is 4.01. The van der Waals surface area contributed by atoms with E-state index >= 15 is 0 Å². The molecule has 0 radical (unpaired) electrons. The molecular weight excluding hydrogens is 518 g/mol. The number of non-ortho nitro benzene ring substituents is 1. The number of hydrogen-bond donors (Lipinski definition) is 1. The highest BCUT2D eigenvalue weighted by atomic mass is 32.1. The number of fused-ring (bicyclic) bond motifs is 1. The fourth-order valence-corrected chi connectivity index (χ4v) is 4.20. The van der Waals surface area contributed by atoms with Gasteiger partial charge < -0.3 is 15.1 Å². The van der Waals surface area contributed by atoms with Crippen LogP contribution in [0.2, 0.25) is 0 Å². The van der Waals surface area contributed by atoms with Crippen molar-refractivity contribution in [1.82, 2.24) is 10.0 Å². The van der Waals surface area contributed by atoms with Gasteiger partial charge in [0.1, 0.15) is 5.69 Å². The highest BCUT2D eigenvalue weighted by molar-refractivity contribution is 7.21. The molecule has 3 aromatic rings. The van der Waals surface area contributed by atoms with Gasteiger partial charge in [-0.1, -0.05) is 11.3 Å². The average molecular weight is 540 g/mol. The van der Waals surface area contributed by atoms with Crippen molar-refractivity contribution in [3.05, 3.63) is 46.5 Å². The number of rotatable bonds is 9. The molecule has 1 aliphatic rings. The Morgan fingerprint density at radius 3 is 2.55 bits per heavy atom. The van der Waals surface area contributed by atoms with Gasteiger partial charge in [0.05, 0.1) is 27.2 Å². The van der Waals surface area contributed by atoms with Gasteiger partial charge in [-0.05, 0) is 24.3 Å². The van der Waals surface area contributed by atoms with Gasteiger partial charge in [-0.2, -0.15) is 0 Å². The summed E-state index contributed by atoms with van der Waals surface area (Å²) in [5.41, 5.74) is 1.87. The molecule has 1 aliphatic heterocycles. The molecule has 2 heterocycles. The molecule has 38 heavy (non-hydrogen) atoms. The molecule has 14 nitrogen and oxygen atoms in total. The number of aromatic nitrogens is 1. The molecule has 1 N–H and O–H groups in total. The molecule has 1 fully saturated rings. The minimum Gasteiger partial charge on any atom is -0.378 e. The standard InChI is InChI=1S/C23H21N7O7S/c1-28(2)13-3-5-15(26-27-23-25-16-6-4-14(30(35)36)12-18(16)38-23)17(11-13)24-19(31)7-10-22(34)37-29-20(32)8-9-21(29)33/h3-6,11-12H,7-10H2,1-2H3,(H,24,31). The number of nitrogens with zero attached hydrogens (tertiary/aromatic N) is 6. The van der Waals surface area contributed by atoms with Gasteiger partial charge in [0.2, 0.25) is 11.0 Å². The minimum absolute atomic E-state index is 0.0247. The highest BCUT2D eigenvalue weighted by Gasteiger charge is 2.32. The van der Waals surface area contributed by atoms with Crippen LogP contribution in [0.4, 0.5) is 27.9 Å². The second-order valence-electron chi connectivity index (χ2n) is 8.29. The van der Waals surface area contributed by atoms with E-state index in [0.717, 1.165) is 17.0 Å². The quantitative estimate of drug-likeness (QED) is 0.182. The maximum absolute atomic E-state index is 12.6. The van der Waals surface area contributed by atoms with Crippen LogP contribution in [-0.4, -0.2) is 52.8 Å². The molecule has 3 amide bonds. The van der Waals surface area contributed by atoms with E-state index in [1.54, 1.807) is 18.2 Å². The number of amides is 3. The SMILES string of the molecule is CN(C)c1ccc(N=Nc2nc3ccc([N+](=O)[O-])cc3s2)c(NC(=O)CCC(=O)ON2C(=O)CCC2=O)c1. The number of nitrogens with one attached hydrogen (secondary N) is 1. The van der Waals surface area contributed by atoms with Crippen LogP contribution in [0.5, 0.6) is 0 Å². The Morgan fingerprint density at radius 2 is 1.87 bits per heavy atom. The third-order valence-electron chi connectivity index (χ3n) is 5.34. The number of imide groups is 1. The Balaban J connectivity index is 1.46. The lowest BCUT2D eigenvalue weighted by atomic mass is 10.2. The number of hydroxylamine groups is 2.